The molecule has 126 heavy (non-hydrogen) atoms. The van der Waals surface area contributed by atoms with E-state index in [1.807, 2.05) is 129 Å². The van der Waals surface area contributed by atoms with Gasteiger partial charge in [0.15, 0.2) is 0 Å². The number of likely N-dealkylation sites (tertiary alicyclic amines) is 3. The molecule has 0 atom stereocenters. The van der Waals surface area contributed by atoms with Gasteiger partial charge in [0.2, 0.25) is 0 Å². The van der Waals surface area contributed by atoms with Crippen LogP contribution in [0, 0.1) is 61.5 Å². The molecule has 19 nitrogen and oxygen atoms in total. The van der Waals surface area contributed by atoms with Crippen LogP contribution in [0.3, 0.4) is 0 Å². The molecule has 3 amide bonds. The number of amides is 3. The molecule has 12 aromatic rings. The zero-order valence-corrected chi connectivity index (χ0v) is 73.6. The number of aromatic hydroxyl groups is 1. The number of carbonyl (C=O) groups excluding carboxylic acids is 3. The van der Waals surface area contributed by atoms with Crippen LogP contribution in [0.1, 0.15) is 120 Å². The van der Waals surface area contributed by atoms with E-state index in [1.54, 1.807) is 75.7 Å². The molecule has 3 aliphatic heterocycles. The summed E-state index contributed by atoms with van der Waals surface area (Å²) in [4.78, 5) is 91.3. The van der Waals surface area contributed by atoms with Crippen molar-refractivity contribution in [3.8, 4) is 22.8 Å². The minimum absolute atomic E-state index is 0.00716. The van der Waals surface area contributed by atoms with Gasteiger partial charge in [-0.25, -0.2) is 44.8 Å². The second-order valence-electron chi connectivity index (χ2n) is 32.0. The van der Waals surface area contributed by atoms with Gasteiger partial charge in [-0.3, -0.25) is 57.5 Å². The first kappa shape index (κ1) is 92.4. The van der Waals surface area contributed by atoms with Gasteiger partial charge in [0.05, 0.1) is 28.1 Å². The number of aromatic nitrogens is 6. The Labute approximate surface area is 745 Å². The zero-order chi connectivity index (χ0) is 89.9. The van der Waals surface area contributed by atoms with E-state index in [-0.39, 0.29) is 46.2 Å². The molecule has 0 bridgehead atoms. The number of phenolic OH excluding ortho intramolecular Hbond substituents is 1. The molecule has 3 saturated heterocycles. The number of halogens is 11. The normalized spacial score (nSPS) is 14.1. The molecular formula is C96H97Cl4F7N12O7. The Morgan fingerprint density at radius 2 is 0.587 bits per heavy atom. The molecule has 0 spiro atoms. The van der Waals surface area contributed by atoms with Gasteiger partial charge in [0, 0.05) is 155 Å². The first-order valence-corrected chi connectivity index (χ1v) is 43.2. The van der Waals surface area contributed by atoms with Crippen LogP contribution in [-0.4, -0.2) is 157 Å². The summed E-state index contributed by atoms with van der Waals surface area (Å²) >= 11 is 24.3. The maximum atomic E-state index is 14.7. The Bertz CT molecular complexity index is 5750. The third-order valence-electron chi connectivity index (χ3n) is 24.5. The van der Waals surface area contributed by atoms with Gasteiger partial charge in [-0.15, -0.1) is 0 Å². The maximum absolute atomic E-state index is 14.7. The number of benzene rings is 9. The third kappa shape index (κ3) is 21.4. The molecule has 6 heterocycles. The van der Waals surface area contributed by atoms with Gasteiger partial charge in [-0.2, -0.15) is 0 Å². The van der Waals surface area contributed by atoms with Gasteiger partial charge in [0.1, 0.15) is 68.8 Å². The zero-order valence-electron chi connectivity index (χ0n) is 70.6. The van der Waals surface area contributed by atoms with Gasteiger partial charge in [-0.1, -0.05) is 113 Å². The van der Waals surface area contributed by atoms with E-state index in [9.17, 15) is 64.6 Å². The SMILES string of the molecule is Cc1c(CN(CCc2ccc(Cl)cc2)C2CCN(C(=O)c3c(F)cccc3F)CC2)c(=O)n(-c2ccc(Cl)cc2)n1C.Cc1c(CN(CCc2ccc(Cl)cc2)C2CCN(C(=O)c3c(F)cccc3F)CC2)c(=O)n(-c2ccc(O)cc2)n1C.Cc1c(CN(CCc2ccc(Cl)cc2)C2CCN(C(=O)c3c(F)cccc3F)CC2)c(=O)n(-c2ccccc2F)n1C. The fourth-order valence-corrected chi connectivity index (χ4v) is 17.4. The summed E-state index contributed by atoms with van der Waals surface area (Å²) in [6.45, 7) is 10.9. The smallest absolute Gasteiger partial charge is 0.276 e. The molecule has 3 aromatic heterocycles. The highest BCUT2D eigenvalue weighted by molar-refractivity contribution is 6.31. The van der Waals surface area contributed by atoms with Crippen LogP contribution in [0.15, 0.2) is 215 Å². The average molecular weight is 1810 g/mol. The Balaban J connectivity index is 0.000000162. The average Bonchev–Trinajstić information content (AvgIpc) is 1.62. The van der Waals surface area contributed by atoms with Crippen molar-refractivity contribution in [1.82, 2.24) is 57.5 Å². The first-order valence-electron chi connectivity index (χ1n) is 41.7. The molecule has 0 radical (unpaired) electrons. The lowest BCUT2D eigenvalue weighted by Crippen LogP contribution is -2.47. The quantitative estimate of drug-likeness (QED) is 0.0574. The largest absolute Gasteiger partial charge is 0.508 e. The van der Waals surface area contributed by atoms with E-state index in [1.165, 1.54) is 43.6 Å². The Hall–Kier alpha value is -11.2. The summed E-state index contributed by atoms with van der Waals surface area (Å²) in [6, 6.07) is 53.2. The van der Waals surface area contributed by atoms with Crippen LogP contribution in [-0.2, 0) is 60.0 Å². The predicted octanol–water partition coefficient (Wildman–Crippen LogP) is 17.8. The van der Waals surface area contributed by atoms with Crippen LogP contribution in [0.5, 0.6) is 5.75 Å². The first-order chi connectivity index (χ1) is 60.4. The van der Waals surface area contributed by atoms with Gasteiger partial charge in [0.25, 0.3) is 34.4 Å². The van der Waals surface area contributed by atoms with Crippen LogP contribution in [0.4, 0.5) is 30.7 Å². The van der Waals surface area contributed by atoms with Gasteiger partial charge < -0.3 is 19.8 Å². The fraction of sp³-hybridized carbons (Fsp3) is 0.312. The highest BCUT2D eigenvalue weighted by atomic mass is 35.5. The number of phenols is 1. The fourth-order valence-electron chi connectivity index (χ4n) is 16.9. The van der Waals surface area contributed by atoms with E-state index in [0.29, 0.717) is 166 Å². The van der Waals surface area contributed by atoms with E-state index >= 15 is 0 Å². The van der Waals surface area contributed by atoms with Crippen molar-refractivity contribution in [3.05, 3.63) is 359 Å². The highest BCUT2D eigenvalue weighted by Gasteiger charge is 2.36. The highest BCUT2D eigenvalue weighted by Crippen LogP contribution is 2.31. The molecule has 9 aromatic carbocycles. The van der Waals surface area contributed by atoms with Gasteiger partial charge >= 0.3 is 0 Å². The van der Waals surface area contributed by atoms with Crippen molar-refractivity contribution >= 4 is 64.1 Å². The van der Waals surface area contributed by atoms with Crippen molar-refractivity contribution in [2.45, 2.75) is 116 Å². The minimum Gasteiger partial charge on any atom is -0.508 e. The Morgan fingerprint density at radius 3 is 0.873 bits per heavy atom. The second kappa shape index (κ2) is 41.5. The van der Waals surface area contributed by atoms with E-state index in [0.717, 1.165) is 88.7 Å². The van der Waals surface area contributed by atoms with Crippen molar-refractivity contribution in [2.75, 3.05) is 58.9 Å². The standard InChI is InChI=1S/C32H32Cl2F2N4O2.C32H32ClF3N4O2.C32H33ClF2N4O3/c1-21-27(31(41)40(37(21)2)26-12-10-24(34)11-13-26)20-39(17-14-22-6-8-23(33)9-7-22)25-15-18-38(19-16-25)32(42)30-28(35)4-3-5-29(30)36;1-21-25(31(41)40(37(21)2)29-9-4-3-6-26(29)34)20-39(17-14-22-10-12-23(33)13-11-22)24-15-18-38(19-16-24)32(42)30-27(35)7-5-8-28(30)36;1-21-27(31(41)39(36(21)2)25-10-12-26(40)13-11-25)20-38(17-14-22-6-8-23(33)9-7-22)24-15-18-37(19-16-24)32(42)30-28(34)4-3-5-29(30)35/h3-13,25H,14-20H2,1-2H3;3-13,24H,14-20H2,1-2H3;3-13,24,40H,14-20H2,1-2H3. The van der Waals surface area contributed by atoms with Crippen molar-refractivity contribution in [2.24, 2.45) is 21.1 Å². The monoisotopic (exact) mass is 1800 g/mol. The summed E-state index contributed by atoms with van der Waals surface area (Å²) in [5, 5.41) is 12.3. The number of piperidine rings is 3. The second-order valence-corrected chi connectivity index (χ2v) is 33.7. The molecule has 0 aliphatic carbocycles. The summed E-state index contributed by atoms with van der Waals surface area (Å²) in [5.41, 5.74) is 7.07. The summed E-state index contributed by atoms with van der Waals surface area (Å²) in [7, 11) is 5.42. The van der Waals surface area contributed by atoms with Crippen LogP contribution < -0.4 is 16.7 Å². The van der Waals surface area contributed by atoms with E-state index in [4.69, 9.17) is 46.4 Å². The van der Waals surface area contributed by atoms with Crippen molar-refractivity contribution < 1.29 is 50.2 Å². The molecule has 3 aliphatic rings. The number of para-hydroxylation sites is 1. The lowest BCUT2D eigenvalue weighted by molar-refractivity contribution is 0.0592. The van der Waals surface area contributed by atoms with E-state index in [2.05, 4.69) is 14.7 Å². The molecule has 3 fully saturated rings. The number of nitrogens with zero attached hydrogens (tertiary/aromatic N) is 12. The van der Waals surface area contributed by atoms with Crippen LogP contribution in [0.2, 0.25) is 20.1 Å². The number of hydrogen-bond acceptors (Lipinski definition) is 10. The number of carbonyl (C=O) groups is 3. The third-order valence-corrected chi connectivity index (χ3v) is 25.5. The molecule has 30 heteroatoms. The summed E-state index contributed by atoms with van der Waals surface area (Å²) in [6.07, 6.45) is 5.72. The lowest BCUT2D eigenvalue weighted by Gasteiger charge is -2.38. The molecule has 1 N–H and O–H groups in total. The summed E-state index contributed by atoms with van der Waals surface area (Å²) < 4.78 is 110. The van der Waals surface area contributed by atoms with Crippen molar-refractivity contribution in [3.63, 3.8) is 0 Å². The van der Waals surface area contributed by atoms with E-state index < -0.39 is 75.1 Å². The number of hydrogen-bond donors (Lipinski definition) is 1. The molecule has 15 rings (SSSR count). The van der Waals surface area contributed by atoms with Gasteiger partial charge in [-0.05, 0) is 229 Å². The van der Waals surface area contributed by atoms with Crippen molar-refractivity contribution in [1.29, 1.82) is 0 Å². The lowest BCUT2D eigenvalue weighted by atomic mass is 10.00. The Morgan fingerprint density at radius 1 is 0.341 bits per heavy atom. The maximum Gasteiger partial charge on any atom is 0.276 e. The molecular weight excluding hydrogens is 1710 g/mol. The number of rotatable bonds is 24. The molecule has 660 valence electrons. The minimum atomic E-state index is -0.877. The van der Waals surface area contributed by atoms with Crippen LogP contribution >= 0.6 is 46.4 Å². The summed E-state index contributed by atoms with van der Waals surface area (Å²) in [5.74, 6) is -7.52. The predicted molar refractivity (Wildman–Crippen MR) is 476 cm³/mol. The Kier molecular flexibility index (Phi) is 30.4. The molecule has 0 saturated carbocycles. The molecule has 0 unspecified atom stereocenters. The topological polar surface area (TPSA) is 172 Å². The van der Waals surface area contributed by atoms with Crippen LogP contribution in [0.25, 0.3) is 17.1 Å².